The molecule has 0 saturated carbocycles. The molecule has 2 amide bonds. The summed E-state index contributed by atoms with van der Waals surface area (Å²) < 4.78 is 6.88. The van der Waals surface area contributed by atoms with E-state index in [0.29, 0.717) is 46.3 Å². The second-order valence-electron chi connectivity index (χ2n) is 7.92. The maximum atomic E-state index is 13.6. The number of hydrogen-bond acceptors (Lipinski definition) is 3. The van der Waals surface area contributed by atoms with Gasteiger partial charge in [0.05, 0.1) is 12.7 Å². The molecule has 2 aromatic rings. The fourth-order valence-electron chi connectivity index (χ4n) is 4.75. The number of halogens is 3. The van der Waals surface area contributed by atoms with Crippen molar-refractivity contribution in [1.29, 1.82) is 0 Å². The van der Waals surface area contributed by atoms with Crippen LogP contribution in [0.25, 0.3) is 5.57 Å². The Balaban J connectivity index is 1.85. The van der Waals surface area contributed by atoms with E-state index in [0.717, 1.165) is 10.0 Å². The first-order valence-corrected chi connectivity index (χ1v) is 11.4. The topological polar surface area (TPSA) is 58.6 Å². The summed E-state index contributed by atoms with van der Waals surface area (Å²) >= 11 is 15.9. The minimum atomic E-state index is -0.711. The van der Waals surface area contributed by atoms with E-state index >= 15 is 0 Å². The molecule has 2 atom stereocenters. The van der Waals surface area contributed by atoms with Gasteiger partial charge in [0, 0.05) is 46.9 Å². The quantitative estimate of drug-likeness (QED) is 0.609. The van der Waals surface area contributed by atoms with E-state index in [9.17, 15) is 9.59 Å². The number of nitrogens with zero attached hydrogens (tertiary/aromatic N) is 1. The second-order valence-corrected chi connectivity index (χ2v) is 9.71. The fraction of sp³-hybridized carbons (Fsp3) is 0.304. The van der Waals surface area contributed by atoms with Crippen molar-refractivity contribution in [3.63, 3.8) is 0 Å². The number of benzene rings is 2. The highest BCUT2D eigenvalue weighted by Crippen LogP contribution is 2.49. The Labute approximate surface area is 199 Å². The van der Waals surface area contributed by atoms with Crippen LogP contribution in [0.5, 0.6) is 0 Å². The predicted octanol–water partition coefficient (Wildman–Crippen LogP) is 4.85. The van der Waals surface area contributed by atoms with Gasteiger partial charge in [0.15, 0.2) is 0 Å². The van der Waals surface area contributed by atoms with Crippen molar-refractivity contribution in [3.05, 3.63) is 73.9 Å². The number of fused-ring (bicyclic) bond motifs is 1. The molecule has 0 aliphatic carbocycles. The predicted molar refractivity (Wildman–Crippen MR) is 125 cm³/mol. The second kappa shape index (κ2) is 8.49. The van der Waals surface area contributed by atoms with Gasteiger partial charge in [0.1, 0.15) is 11.3 Å². The molecule has 0 bridgehead atoms. The minimum absolute atomic E-state index is 0.123. The van der Waals surface area contributed by atoms with Crippen LogP contribution >= 0.6 is 39.1 Å². The molecule has 2 aliphatic rings. The summed E-state index contributed by atoms with van der Waals surface area (Å²) in [7, 11) is 1.58. The molecule has 2 aliphatic heterocycles. The average molecular weight is 524 g/mol. The molecular formula is C23H21BrCl2N2O3. The van der Waals surface area contributed by atoms with Crippen molar-refractivity contribution in [2.75, 3.05) is 13.7 Å². The lowest BCUT2D eigenvalue weighted by molar-refractivity contribution is -0.127. The van der Waals surface area contributed by atoms with Crippen molar-refractivity contribution in [3.8, 4) is 0 Å². The minimum Gasteiger partial charge on any atom is -0.498 e. The molecule has 5 nitrogen and oxygen atoms in total. The van der Waals surface area contributed by atoms with Gasteiger partial charge >= 0.3 is 0 Å². The summed E-state index contributed by atoms with van der Waals surface area (Å²) in [6.07, 6.45) is 1.11. The third-order valence-corrected chi connectivity index (χ3v) is 6.75. The summed E-state index contributed by atoms with van der Waals surface area (Å²) in [5.74, 6) is 0.300. The van der Waals surface area contributed by atoms with E-state index in [4.69, 9.17) is 27.9 Å². The van der Waals surface area contributed by atoms with Crippen LogP contribution in [0.4, 0.5) is 0 Å². The van der Waals surface area contributed by atoms with Crippen molar-refractivity contribution in [2.45, 2.75) is 31.3 Å². The number of ether oxygens (including phenoxy) is 1. The molecule has 2 heterocycles. The molecule has 0 radical (unpaired) electrons. The highest BCUT2D eigenvalue weighted by molar-refractivity contribution is 9.10. The molecule has 0 spiro atoms. The van der Waals surface area contributed by atoms with E-state index in [1.165, 1.54) is 6.92 Å². The summed E-state index contributed by atoms with van der Waals surface area (Å²) in [5.41, 5.74) is 1.44. The highest BCUT2D eigenvalue weighted by atomic mass is 79.9. The Kier molecular flexibility index (Phi) is 6.08. The first-order chi connectivity index (χ1) is 14.7. The number of hydrogen-bond donors (Lipinski definition) is 1. The monoisotopic (exact) mass is 522 g/mol. The van der Waals surface area contributed by atoms with Crippen LogP contribution in [-0.2, 0) is 20.7 Å². The Morgan fingerprint density at radius 3 is 2.45 bits per heavy atom. The zero-order valence-electron chi connectivity index (χ0n) is 17.0. The number of carbonyl (C=O) groups excluding carboxylic acids is 2. The maximum Gasteiger partial charge on any atom is 0.258 e. The first kappa shape index (κ1) is 22.2. The van der Waals surface area contributed by atoms with Gasteiger partial charge < -0.3 is 15.0 Å². The summed E-state index contributed by atoms with van der Waals surface area (Å²) in [6.45, 7) is 1.89. The highest BCUT2D eigenvalue weighted by Gasteiger charge is 2.58. The van der Waals surface area contributed by atoms with E-state index in [-0.39, 0.29) is 17.9 Å². The molecule has 31 heavy (non-hydrogen) atoms. The smallest absolute Gasteiger partial charge is 0.258 e. The largest absolute Gasteiger partial charge is 0.498 e. The van der Waals surface area contributed by atoms with Crippen LogP contribution in [0, 0.1) is 0 Å². The molecule has 0 unspecified atom stereocenters. The van der Waals surface area contributed by atoms with Gasteiger partial charge in [-0.3, -0.25) is 9.59 Å². The lowest BCUT2D eigenvalue weighted by Crippen LogP contribution is -2.45. The number of rotatable bonds is 5. The summed E-state index contributed by atoms with van der Waals surface area (Å²) in [6, 6.07) is 12.9. The molecule has 1 saturated heterocycles. The third-order valence-electron chi connectivity index (χ3n) is 5.79. The summed E-state index contributed by atoms with van der Waals surface area (Å²) in [4.78, 5) is 27.2. The van der Waals surface area contributed by atoms with Crippen LogP contribution in [0.15, 0.2) is 52.7 Å². The zero-order valence-corrected chi connectivity index (χ0v) is 20.1. The lowest BCUT2D eigenvalue weighted by Gasteiger charge is -2.34. The molecular weight excluding hydrogens is 503 g/mol. The van der Waals surface area contributed by atoms with E-state index in [2.05, 4.69) is 21.2 Å². The first-order valence-electron chi connectivity index (χ1n) is 9.82. The molecule has 0 aromatic heterocycles. The van der Waals surface area contributed by atoms with Crippen LogP contribution in [-0.4, -0.2) is 41.9 Å². The Morgan fingerprint density at radius 2 is 1.87 bits per heavy atom. The van der Waals surface area contributed by atoms with E-state index in [1.807, 2.05) is 29.2 Å². The van der Waals surface area contributed by atoms with Crippen LogP contribution < -0.4 is 5.32 Å². The normalized spacial score (nSPS) is 22.7. The van der Waals surface area contributed by atoms with Gasteiger partial charge in [0.2, 0.25) is 5.91 Å². The number of nitrogens with one attached hydrogen (secondary N) is 1. The van der Waals surface area contributed by atoms with Gasteiger partial charge in [0.25, 0.3) is 5.91 Å². The van der Waals surface area contributed by atoms with Gasteiger partial charge in [-0.25, -0.2) is 0 Å². The van der Waals surface area contributed by atoms with Gasteiger partial charge in [-0.2, -0.15) is 0 Å². The van der Waals surface area contributed by atoms with Crippen molar-refractivity contribution in [1.82, 2.24) is 10.2 Å². The van der Waals surface area contributed by atoms with Crippen LogP contribution in [0.3, 0.4) is 0 Å². The standard InChI is InChI=1S/C23H21BrCl2N2O3/c1-13(29)27-19-11-23(10-14-3-5-16(24)6-4-14)21(31-2)20(22(30)28(23)12-19)15-7-17(25)9-18(26)8-15/h3-9,19H,10-12H2,1-2H3,(H,27,29)/t19-,23+/m0/s1. The van der Waals surface area contributed by atoms with Crippen molar-refractivity contribution >= 4 is 56.5 Å². The summed E-state index contributed by atoms with van der Waals surface area (Å²) in [5, 5.41) is 3.86. The third kappa shape index (κ3) is 4.09. The maximum absolute atomic E-state index is 13.6. The molecule has 4 rings (SSSR count). The zero-order chi connectivity index (χ0) is 22.3. The van der Waals surface area contributed by atoms with E-state index in [1.54, 1.807) is 25.3 Å². The molecule has 1 N–H and O–H groups in total. The average Bonchev–Trinajstić information content (AvgIpc) is 3.13. The van der Waals surface area contributed by atoms with Crippen molar-refractivity contribution < 1.29 is 14.3 Å². The number of carbonyl (C=O) groups is 2. The molecule has 2 aromatic carbocycles. The molecule has 162 valence electrons. The van der Waals surface area contributed by atoms with Crippen molar-refractivity contribution in [2.24, 2.45) is 0 Å². The van der Waals surface area contributed by atoms with Gasteiger partial charge in [-0.1, -0.05) is 51.3 Å². The SMILES string of the molecule is COC1=C(c2cc(Cl)cc(Cl)c2)C(=O)N2C[C@@H](NC(C)=O)C[C@]12Cc1ccc(Br)cc1. The van der Waals surface area contributed by atoms with Crippen LogP contribution in [0.1, 0.15) is 24.5 Å². The molecule has 8 heteroatoms. The number of methoxy groups -OCH3 is 1. The Bertz CT molecular complexity index is 1070. The number of amides is 2. The fourth-order valence-corrected chi connectivity index (χ4v) is 5.54. The Morgan fingerprint density at radius 1 is 1.23 bits per heavy atom. The van der Waals surface area contributed by atoms with Gasteiger partial charge in [-0.15, -0.1) is 0 Å². The van der Waals surface area contributed by atoms with Gasteiger partial charge in [-0.05, 0) is 41.5 Å². The molecule has 1 fully saturated rings. The van der Waals surface area contributed by atoms with Crippen LogP contribution in [0.2, 0.25) is 10.0 Å². The Hall–Kier alpha value is -2.02. The van der Waals surface area contributed by atoms with E-state index < -0.39 is 5.54 Å². The lowest BCUT2D eigenvalue weighted by atomic mass is 9.85.